The van der Waals surface area contributed by atoms with E-state index < -0.39 is 0 Å². The van der Waals surface area contributed by atoms with Crippen molar-refractivity contribution in [1.29, 1.82) is 0 Å². The van der Waals surface area contributed by atoms with Crippen LogP contribution in [0.3, 0.4) is 0 Å². The van der Waals surface area contributed by atoms with Crippen LogP contribution in [0.4, 0.5) is 11.5 Å². The molecule has 150 valence electrons. The topological polar surface area (TPSA) is 66.0 Å². The van der Waals surface area contributed by atoms with Crippen LogP contribution in [0.1, 0.15) is 25.7 Å². The molecule has 2 fully saturated rings. The molecular formula is C23H28N6. The largest absolute Gasteiger partial charge is 0.372 e. The van der Waals surface area contributed by atoms with Crippen molar-refractivity contribution in [3.63, 3.8) is 0 Å². The average Bonchev–Trinajstić information content (AvgIpc) is 3.33. The third-order valence-electron chi connectivity index (χ3n) is 6.05. The zero-order valence-corrected chi connectivity index (χ0v) is 16.8. The number of anilines is 2. The summed E-state index contributed by atoms with van der Waals surface area (Å²) >= 11 is 0. The molecule has 6 heteroatoms. The van der Waals surface area contributed by atoms with Crippen molar-refractivity contribution < 1.29 is 0 Å². The molecule has 0 radical (unpaired) electrons. The molecule has 6 nitrogen and oxygen atoms in total. The van der Waals surface area contributed by atoms with E-state index in [2.05, 4.69) is 49.8 Å². The lowest BCUT2D eigenvalue weighted by molar-refractivity contribution is 0.392. The minimum Gasteiger partial charge on any atom is -0.372 e. The van der Waals surface area contributed by atoms with Gasteiger partial charge >= 0.3 is 0 Å². The molecule has 2 aliphatic rings. The number of fused-ring (bicyclic) bond motifs is 1. The summed E-state index contributed by atoms with van der Waals surface area (Å²) in [5, 5.41) is 7.04. The van der Waals surface area contributed by atoms with Gasteiger partial charge in [0.1, 0.15) is 5.52 Å². The van der Waals surface area contributed by atoms with Gasteiger partial charge in [-0.25, -0.2) is 9.97 Å². The Balaban J connectivity index is 1.42. The number of pyridine rings is 1. The number of hydrogen-bond acceptors (Lipinski definition) is 6. The van der Waals surface area contributed by atoms with E-state index in [-0.39, 0.29) is 0 Å². The SMILES string of the molecule is c1cnc2c(NC[C@@H]3CCCNC3)nc(-c3ccc(N4CCCC4)cc3)cc2n1. The highest BCUT2D eigenvalue weighted by molar-refractivity contribution is 5.88. The lowest BCUT2D eigenvalue weighted by Crippen LogP contribution is -2.33. The van der Waals surface area contributed by atoms with Gasteiger partial charge in [-0.1, -0.05) is 12.1 Å². The van der Waals surface area contributed by atoms with Gasteiger partial charge in [0.15, 0.2) is 5.82 Å². The van der Waals surface area contributed by atoms with Gasteiger partial charge in [-0.15, -0.1) is 0 Å². The summed E-state index contributed by atoms with van der Waals surface area (Å²) in [7, 11) is 0. The Morgan fingerprint density at radius 3 is 2.66 bits per heavy atom. The second kappa shape index (κ2) is 8.33. The molecular weight excluding hydrogens is 360 g/mol. The van der Waals surface area contributed by atoms with Gasteiger partial charge in [-0.2, -0.15) is 0 Å². The maximum Gasteiger partial charge on any atom is 0.154 e. The fourth-order valence-corrected chi connectivity index (χ4v) is 4.40. The van der Waals surface area contributed by atoms with Crippen LogP contribution in [0.15, 0.2) is 42.7 Å². The van der Waals surface area contributed by atoms with Gasteiger partial charge in [-0.3, -0.25) is 4.98 Å². The molecule has 5 rings (SSSR count). The second-order valence-electron chi connectivity index (χ2n) is 8.11. The molecule has 2 aliphatic heterocycles. The first-order valence-electron chi connectivity index (χ1n) is 10.8. The van der Waals surface area contributed by atoms with Crippen molar-refractivity contribution >= 4 is 22.5 Å². The molecule has 1 atom stereocenters. The van der Waals surface area contributed by atoms with Crippen LogP contribution >= 0.6 is 0 Å². The summed E-state index contributed by atoms with van der Waals surface area (Å²) in [6.07, 6.45) is 8.56. The molecule has 0 saturated carbocycles. The predicted molar refractivity (Wildman–Crippen MR) is 118 cm³/mol. The highest BCUT2D eigenvalue weighted by atomic mass is 15.1. The molecule has 4 heterocycles. The van der Waals surface area contributed by atoms with Gasteiger partial charge in [0.2, 0.25) is 0 Å². The minimum absolute atomic E-state index is 0.626. The Kier molecular flexibility index (Phi) is 5.26. The fraction of sp³-hybridized carbons (Fsp3) is 0.435. The van der Waals surface area contributed by atoms with Crippen LogP contribution in [0.2, 0.25) is 0 Å². The maximum atomic E-state index is 4.94. The van der Waals surface area contributed by atoms with Crippen molar-refractivity contribution in [2.24, 2.45) is 5.92 Å². The summed E-state index contributed by atoms with van der Waals surface area (Å²) in [4.78, 5) is 16.5. The standard InChI is InChI=1S/C23H28N6/c1-2-13-29(12-1)19-7-5-18(6-8-19)20-14-21-22(26-11-10-25-21)23(28-20)27-16-17-4-3-9-24-15-17/h5-8,10-11,14,17,24H,1-4,9,12-13,15-16H2,(H,27,28)/t17-/m1/s1. The first-order valence-corrected chi connectivity index (χ1v) is 10.8. The molecule has 0 aliphatic carbocycles. The first-order chi connectivity index (χ1) is 14.4. The van der Waals surface area contributed by atoms with Gasteiger partial charge in [0.05, 0.1) is 11.2 Å². The monoisotopic (exact) mass is 388 g/mol. The van der Waals surface area contributed by atoms with E-state index in [0.717, 1.165) is 60.8 Å². The van der Waals surface area contributed by atoms with E-state index in [9.17, 15) is 0 Å². The third-order valence-corrected chi connectivity index (χ3v) is 6.05. The number of piperidine rings is 1. The predicted octanol–water partition coefficient (Wildman–Crippen LogP) is 3.70. The summed E-state index contributed by atoms with van der Waals surface area (Å²) in [6.45, 7) is 5.42. The number of nitrogens with one attached hydrogen (secondary N) is 2. The molecule has 0 amide bonds. The summed E-state index contributed by atoms with van der Waals surface area (Å²) < 4.78 is 0. The van der Waals surface area contributed by atoms with Crippen LogP contribution in [0.5, 0.6) is 0 Å². The Labute approximate surface area is 171 Å². The van der Waals surface area contributed by atoms with Crippen molar-refractivity contribution in [2.45, 2.75) is 25.7 Å². The van der Waals surface area contributed by atoms with E-state index in [1.807, 2.05) is 6.07 Å². The normalized spacial score (nSPS) is 19.6. The van der Waals surface area contributed by atoms with Crippen molar-refractivity contribution in [3.8, 4) is 11.3 Å². The van der Waals surface area contributed by atoms with E-state index >= 15 is 0 Å². The van der Waals surface area contributed by atoms with E-state index in [1.165, 1.54) is 31.4 Å². The van der Waals surface area contributed by atoms with Crippen molar-refractivity contribution in [3.05, 3.63) is 42.7 Å². The van der Waals surface area contributed by atoms with Gasteiger partial charge in [0, 0.05) is 43.3 Å². The zero-order chi connectivity index (χ0) is 19.5. The lowest BCUT2D eigenvalue weighted by Gasteiger charge is -2.23. The van der Waals surface area contributed by atoms with Crippen LogP contribution in [0.25, 0.3) is 22.3 Å². The molecule has 2 N–H and O–H groups in total. The molecule has 0 unspecified atom stereocenters. The summed E-state index contributed by atoms with van der Waals surface area (Å²) in [6, 6.07) is 10.8. The van der Waals surface area contributed by atoms with Gasteiger partial charge < -0.3 is 15.5 Å². The highest BCUT2D eigenvalue weighted by Gasteiger charge is 2.16. The van der Waals surface area contributed by atoms with Crippen LogP contribution < -0.4 is 15.5 Å². The molecule has 0 spiro atoms. The number of benzene rings is 1. The number of aromatic nitrogens is 3. The van der Waals surface area contributed by atoms with Crippen LogP contribution in [-0.4, -0.2) is 47.7 Å². The molecule has 2 aromatic heterocycles. The molecule has 29 heavy (non-hydrogen) atoms. The quantitative estimate of drug-likeness (QED) is 0.695. The highest BCUT2D eigenvalue weighted by Crippen LogP contribution is 2.28. The smallest absolute Gasteiger partial charge is 0.154 e. The van der Waals surface area contributed by atoms with Gasteiger partial charge in [0.25, 0.3) is 0 Å². The van der Waals surface area contributed by atoms with Crippen LogP contribution in [-0.2, 0) is 0 Å². The Bertz CT molecular complexity index is 959. The Morgan fingerprint density at radius 1 is 1.03 bits per heavy atom. The zero-order valence-electron chi connectivity index (χ0n) is 16.8. The molecule has 3 aromatic rings. The first kappa shape index (κ1) is 18.3. The Morgan fingerprint density at radius 2 is 1.86 bits per heavy atom. The van der Waals surface area contributed by atoms with E-state index in [0.29, 0.717) is 5.92 Å². The van der Waals surface area contributed by atoms with Crippen LogP contribution in [0, 0.1) is 5.92 Å². The number of rotatable bonds is 5. The molecule has 1 aromatic carbocycles. The van der Waals surface area contributed by atoms with Crippen molar-refractivity contribution in [1.82, 2.24) is 20.3 Å². The maximum absolute atomic E-state index is 4.94. The number of nitrogens with zero attached hydrogens (tertiary/aromatic N) is 4. The Hall–Kier alpha value is -2.73. The lowest BCUT2D eigenvalue weighted by atomic mass is 10.00. The van der Waals surface area contributed by atoms with E-state index in [1.54, 1.807) is 12.4 Å². The molecule has 0 bridgehead atoms. The molecule has 2 saturated heterocycles. The summed E-state index contributed by atoms with van der Waals surface area (Å²) in [5.41, 5.74) is 5.08. The third kappa shape index (κ3) is 4.03. The summed E-state index contributed by atoms with van der Waals surface area (Å²) in [5.74, 6) is 1.46. The van der Waals surface area contributed by atoms with Crippen molar-refractivity contribution in [2.75, 3.05) is 42.9 Å². The minimum atomic E-state index is 0.626. The second-order valence-corrected chi connectivity index (χ2v) is 8.11. The number of hydrogen-bond donors (Lipinski definition) is 2. The average molecular weight is 389 g/mol. The fourth-order valence-electron chi connectivity index (χ4n) is 4.40. The van der Waals surface area contributed by atoms with Gasteiger partial charge in [-0.05, 0) is 62.9 Å². The van der Waals surface area contributed by atoms with E-state index in [4.69, 9.17) is 4.98 Å².